The normalized spacial score (nSPS) is 16.8. The van der Waals surface area contributed by atoms with Crippen LogP contribution in [0.15, 0.2) is 35.5 Å². The highest BCUT2D eigenvalue weighted by Crippen LogP contribution is 2.40. The molecule has 222 valence electrons. The van der Waals surface area contributed by atoms with Crippen molar-refractivity contribution in [3.63, 3.8) is 0 Å². The third kappa shape index (κ3) is 8.46. The van der Waals surface area contributed by atoms with Gasteiger partial charge in [0.2, 0.25) is 0 Å². The van der Waals surface area contributed by atoms with E-state index >= 15 is 0 Å². The lowest BCUT2D eigenvalue weighted by Gasteiger charge is -2.33. The van der Waals surface area contributed by atoms with Gasteiger partial charge < -0.3 is 15.8 Å². The molecule has 6 nitrogen and oxygen atoms in total. The van der Waals surface area contributed by atoms with Crippen molar-refractivity contribution in [2.24, 2.45) is 17.6 Å². The van der Waals surface area contributed by atoms with Crippen LogP contribution < -0.4 is 11.1 Å². The Morgan fingerprint density at radius 1 is 0.975 bits per heavy atom. The Kier molecular flexibility index (Phi) is 11.9. The number of carbonyl (C=O) groups is 1. The topological polar surface area (TPSA) is 82.2 Å². The van der Waals surface area contributed by atoms with Gasteiger partial charge >= 0.3 is 0 Å². The van der Waals surface area contributed by atoms with Gasteiger partial charge in [-0.2, -0.15) is 5.10 Å². The van der Waals surface area contributed by atoms with Crippen molar-refractivity contribution in [3.8, 4) is 11.1 Å². The van der Waals surface area contributed by atoms with Gasteiger partial charge in [0.1, 0.15) is 6.73 Å². The number of hydrogen-bond donors (Lipinski definition) is 2. The Bertz CT molecular complexity index is 1120. The summed E-state index contributed by atoms with van der Waals surface area (Å²) in [6, 6.07) is 9.22. The number of nitrogens with zero attached hydrogens (tertiary/aromatic N) is 2. The summed E-state index contributed by atoms with van der Waals surface area (Å²) in [7, 11) is -1.11. The number of nitrogens with one attached hydrogen (secondary N) is 1. The van der Waals surface area contributed by atoms with E-state index in [4.69, 9.17) is 15.6 Å². The van der Waals surface area contributed by atoms with Crippen LogP contribution in [0.1, 0.15) is 75.6 Å². The van der Waals surface area contributed by atoms with Gasteiger partial charge in [-0.1, -0.05) is 70.3 Å². The van der Waals surface area contributed by atoms with Gasteiger partial charge in [-0.25, -0.2) is 4.68 Å². The molecule has 8 heteroatoms. The Morgan fingerprint density at radius 2 is 1.52 bits per heavy atom. The summed E-state index contributed by atoms with van der Waals surface area (Å²) in [6.07, 6.45) is 12.3. The van der Waals surface area contributed by atoms with Crippen molar-refractivity contribution in [3.05, 3.63) is 46.9 Å². The Hall–Kier alpha value is -2.09. The molecule has 0 unspecified atom stereocenters. The molecule has 2 saturated carbocycles. The van der Waals surface area contributed by atoms with Crippen LogP contribution in [0.3, 0.4) is 0 Å². The summed E-state index contributed by atoms with van der Waals surface area (Å²) >= 11 is 0. The van der Waals surface area contributed by atoms with E-state index < -0.39 is 8.07 Å². The summed E-state index contributed by atoms with van der Waals surface area (Å²) in [5.41, 5.74) is 13.4. The molecule has 2 aliphatic rings. The molecule has 1 aromatic carbocycles. The summed E-state index contributed by atoms with van der Waals surface area (Å²) < 4.78 is 7.90. The number of halogens is 1. The molecular formula is C32H51ClN4O2Si. The predicted molar refractivity (Wildman–Crippen MR) is 171 cm³/mol. The molecule has 0 bridgehead atoms. The van der Waals surface area contributed by atoms with E-state index in [0.29, 0.717) is 24.3 Å². The number of nitrogens with two attached hydrogens (primary N) is 1. The number of rotatable bonds is 10. The zero-order valence-corrected chi connectivity index (χ0v) is 27.2. The van der Waals surface area contributed by atoms with E-state index in [-0.39, 0.29) is 18.3 Å². The average molecular weight is 587 g/mol. The maximum absolute atomic E-state index is 13.4. The molecule has 1 amide bonds. The molecule has 2 fully saturated rings. The van der Waals surface area contributed by atoms with Gasteiger partial charge in [0.25, 0.3) is 5.91 Å². The number of aryl methyl sites for hydroxylation is 1. The van der Waals surface area contributed by atoms with Gasteiger partial charge in [0.15, 0.2) is 0 Å². The monoisotopic (exact) mass is 586 g/mol. The Balaban J connectivity index is 0.00000441. The summed E-state index contributed by atoms with van der Waals surface area (Å²) in [5, 5.41) is 7.83. The Labute approximate surface area is 248 Å². The van der Waals surface area contributed by atoms with E-state index in [9.17, 15) is 4.79 Å². The Morgan fingerprint density at radius 3 is 2.05 bits per heavy atom. The first-order chi connectivity index (χ1) is 18.6. The van der Waals surface area contributed by atoms with Crippen LogP contribution in [-0.2, 0) is 16.3 Å². The first-order valence-electron chi connectivity index (χ1n) is 15.2. The van der Waals surface area contributed by atoms with Gasteiger partial charge in [-0.05, 0) is 80.7 Å². The van der Waals surface area contributed by atoms with E-state index in [0.717, 1.165) is 40.9 Å². The number of amides is 1. The predicted octanol–water partition coefficient (Wildman–Crippen LogP) is 8.21. The minimum Gasteiger partial charge on any atom is -0.394 e. The van der Waals surface area contributed by atoms with Crippen LogP contribution in [0.2, 0.25) is 25.7 Å². The fourth-order valence-electron chi connectivity index (χ4n) is 6.42. The zero-order chi connectivity index (χ0) is 28.0. The molecule has 2 aromatic rings. The van der Waals surface area contributed by atoms with E-state index in [2.05, 4.69) is 44.0 Å². The maximum Gasteiger partial charge on any atom is 0.271 e. The molecule has 40 heavy (non-hydrogen) atoms. The van der Waals surface area contributed by atoms with Crippen LogP contribution in [0, 0.1) is 25.7 Å². The third-order valence-corrected chi connectivity index (χ3v) is 10.4. The highest BCUT2D eigenvalue weighted by molar-refractivity contribution is 6.76. The van der Waals surface area contributed by atoms with Crippen LogP contribution >= 0.6 is 12.4 Å². The van der Waals surface area contributed by atoms with E-state index in [1.54, 1.807) is 0 Å². The first kappa shape index (κ1) is 32.4. The van der Waals surface area contributed by atoms with E-state index in [1.165, 1.54) is 69.8 Å². The van der Waals surface area contributed by atoms with Crippen molar-refractivity contribution in [1.29, 1.82) is 0 Å². The molecule has 0 radical (unpaired) electrons. The first-order valence-corrected chi connectivity index (χ1v) is 18.9. The number of allylic oxidation sites excluding steroid dienone is 1. The van der Waals surface area contributed by atoms with Gasteiger partial charge in [0, 0.05) is 31.6 Å². The van der Waals surface area contributed by atoms with Crippen LogP contribution in [0.5, 0.6) is 0 Å². The van der Waals surface area contributed by atoms with Crippen molar-refractivity contribution in [1.82, 2.24) is 9.78 Å². The highest BCUT2D eigenvalue weighted by atomic mass is 35.5. The molecule has 1 heterocycles. The number of carbonyl (C=O) groups excluding carboxylic acids is 1. The quantitative estimate of drug-likeness (QED) is 0.167. The lowest BCUT2D eigenvalue weighted by Crippen LogP contribution is -2.29. The second-order valence-corrected chi connectivity index (χ2v) is 18.6. The molecule has 3 N–H and O–H groups in total. The summed E-state index contributed by atoms with van der Waals surface area (Å²) in [6.45, 7) is 12.5. The molecule has 0 spiro atoms. The molecule has 2 aliphatic carbocycles. The largest absolute Gasteiger partial charge is 0.394 e. The molecule has 0 saturated heterocycles. The molecule has 4 rings (SSSR count). The zero-order valence-electron chi connectivity index (χ0n) is 25.4. The second kappa shape index (κ2) is 14.7. The second-order valence-electron chi connectivity index (χ2n) is 13.0. The van der Waals surface area contributed by atoms with Crippen LogP contribution in [0.25, 0.3) is 11.1 Å². The molecule has 0 atom stereocenters. The van der Waals surface area contributed by atoms with E-state index in [1.807, 2.05) is 23.7 Å². The van der Waals surface area contributed by atoms with Crippen molar-refractivity contribution < 1.29 is 9.53 Å². The highest BCUT2D eigenvalue weighted by Gasteiger charge is 2.30. The van der Waals surface area contributed by atoms with Gasteiger partial charge in [-0.3, -0.25) is 4.79 Å². The van der Waals surface area contributed by atoms with Crippen LogP contribution in [0.4, 0.5) is 5.69 Å². The SMILES string of the molecule is Cc1nn(COCC[Si](C)(C)C)c(C)c1-c1ccc(NC(=O)C(N)=C(C2CCCCC2)C2CCCCC2)cc1.Cl. The number of benzene rings is 1. The number of ether oxygens (including phenoxy) is 1. The molecule has 1 aromatic heterocycles. The minimum absolute atomic E-state index is 0. The smallest absolute Gasteiger partial charge is 0.271 e. The number of hydrogen-bond acceptors (Lipinski definition) is 4. The van der Waals surface area contributed by atoms with Gasteiger partial charge in [0.05, 0.1) is 11.4 Å². The number of anilines is 1. The summed E-state index contributed by atoms with van der Waals surface area (Å²) in [5.74, 6) is 0.790. The molecule has 0 aliphatic heterocycles. The average Bonchev–Trinajstić information content (AvgIpc) is 3.20. The third-order valence-electron chi connectivity index (χ3n) is 8.67. The minimum atomic E-state index is -1.11. The number of aromatic nitrogens is 2. The van der Waals surface area contributed by atoms with Crippen LogP contribution in [-0.4, -0.2) is 30.4 Å². The van der Waals surface area contributed by atoms with Gasteiger partial charge in [-0.15, -0.1) is 12.4 Å². The maximum atomic E-state index is 13.4. The standard InChI is InChI=1S/C32H50N4O2Si.ClH/c1-23-29(24(2)36(35-23)22-38-20-21-39(3,4)5)27-16-18-28(19-17-27)34-32(37)31(33)30(25-12-8-6-9-13-25)26-14-10-7-11-15-26;/h16-19,25-26H,6-15,20-22,33H2,1-5H3,(H,34,37);1H. The van der Waals surface area contributed by atoms with Crippen molar-refractivity contribution in [2.45, 2.75) is 110 Å². The lowest BCUT2D eigenvalue weighted by atomic mass is 9.73. The fourth-order valence-corrected chi connectivity index (χ4v) is 7.18. The lowest BCUT2D eigenvalue weighted by molar-refractivity contribution is -0.113. The van der Waals surface area contributed by atoms with Crippen molar-refractivity contribution >= 4 is 32.1 Å². The summed E-state index contributed by atoms with van der Waals surface area (Å²) in [4.78, 5) is 13.4. The van der Waals surface area contributed by atoms with Crippen molar-refractivity contribution in [2.75, 3.05) is 11.9 Å². The molecular weight excluding hydrogens is 536 g/mol. The fraction of sp³-hybridized carbons (Fsp3) is 0.625.